The first-order valence-electron chi connectivity index (χ1n) is 5.60. The molecule has 7 nitrogen and oxygen atoms in total. The summed E-state index contributed by atoms with van der Waals surface area (Å²) in [5.41, 5.74) is 6.30. The average molecular weight is 266 g/mol. The Morgan fingerprint density at radius 1 is 1.50 bits per heavy atom. The van der Waals surface area contributed by atoms with Gasteiger partial charge in [-0.15, -0.1) is 10.2 Å². The molecule has 0 aliphatic rings. The van der Waals surface area contributed by atoms with E-state index in [1.807, 2.05) is 13.8 Å². The van der Waals surface area contributed by atoms with E-state index in [9.17, 15) is 4.79 Å². The number of aromatic nitrogens is 4. The quantitative estimate of drug-likeness (QED) is 0.865. The standard InChI is InChI=1S/C10H14N6OS/c1-3-7-13-14-10(18-7)12-9(17)8-6(11)5-16(4-2)15-8/h5H,3-4,11H2,1-2H3,(H,12,14,17). The molecule has 0 unspecified atom stereocenters. The third kappa shape index (κ3) is 2.48. The van der Waals surface area contributed by atoms with E-state index in [4.69, 9.17) is 5.73 Å². The molecule has 3 N–H and O–H groups in total. The van der Waals surface area contributed by atoms with Crippen molar-refractivity contribution in [2.45, 2.75) is 26.8 Å². The highest BCUT2D eigenvalue weighted by Gasteiger charge is 2.16. The molecule has 2 heterocycles. The summed E-state index contributed by atoms with van der Waals surface area (Å²) in [6, 6.07) is 0. The summed E-state index contributed by atoms with van der Waals surface area (Å²) in [6.07, 6.45) is 2.42. The zero-order valence-corrected chi connectivity index (χ0v) is 11.0. The van der Waals surface area contributed by atoms with Gasteiger partial charge in [-0.3, -0.25) is 14.8 Å². The summed E-state index contributed by atoms with van der Waals surface area (Å²) in [5.74, 6) is -0.362. The predicted molar refractivity (Wildman–Crippen MR) is 69.6 cm³/mol. The number of nitrogens with two attached hydrogens (primary N) is 1. The van der Waals surface area contributed by atoms with Crippen molar-refractivity contribution in [2.75, 3.05) is 11.1 Å². The van der Waals surface area contributed by atoms with E-state index in [-0.39, 0.29) is 11.6 Å². The molecule has 1 amide bonds. The van der Waals surface area contributed by atoms with Gasteiger partial charge in [-0.2, -0.15) is 5.10 Å². The van der Waals surface area contributed by atoms with Crippen LogP contribution < -0.4 is 11.1 Å². The molecule has 2 aromatic rings. The summed E-state index contributed by atoms with van der Waals surface area (Å²) in [4.78, 5) is 11.9. The number of anilines is 2. The Morgan fingerprint density at radius 2 is 2.28 bits per heavy atom. The minimum atomic E-state index is -0.362. The van der Waals surface area contributed by atoms with Crippen molar-refractivity contribution in [3.8, 4) is 0 Å². The molecular formula is C10H14N6OS. The van der Waals surface area contributed by atoms with Gasteiger partial charge in [0.15, 0.2) is 5.69 Å². The topological polar surface area (TPSA) is 98.7 Å². The smallest absolute Gasteiger partial charge is 0.280 e. The highest BCUT2D eigenvalue weighted by atomic mass is 32.1. The van der Waals surface area contributed by atoms with Crippen molar-refractivity contribution in [2.24, 2.45) is 0 Å². The van der Waals surface area contributed by atoms with E-state index < -0.39 is 0 Å². The summed E-state index contributed by atoms with van der Waals surface area (Å²) in [6.45, 7) is 4.57. The largest absolute Gasteiger partial charge is 0.396 e. The monoisotopic (exact) mass is 266 g/mol. The van der Waals surface area contributed by atoms with E-state index in [1.165, 1.54) is 11.3 Å². The third-order valence-corrected chi connectivity index (χ3v) is 3.30. The second-order valence-electron chi connectivity index (χ2n) is 3.60. The first kappa shape index (κ1) is 12.5. The number of aryl methyl sites for hydroxylation is 2. The Kier molecular flexibility index (Phi) is 3.56. The zero-order chi connectivity index (χ0) is 13.1. The molecule has 18 heavy (non-hydrogen) atoms. The fraction of sp³-hybridized carbons (Fsp3) is 0.400. The van der Waals surface area contributed by atoms with Crippen LogP contribution in [0.2, 0.25) is 0 Å². The molecule has 0 bridgehead atoms. The SMILES string of the molecule is CCc1nnc(NC(=O)c2nn(CC)cc2N)s1. The van der Waals surface area contributed by atoms with Crippen molar-refractivity contribution >= 4 is 28.1 Å². The van der Waals surface area contributed by atoms with E-state index in [0.717, 1.165) is 11.4 Å². The van der Waals surface area contributed by atoms with E-state index in [1.54, 1.807) is 10.9 Å². The van der Waals surface area contributed by atoms with Crippen LogP contribution in [0.15, 0.2) is 6.20 Å². The first-order chi connectivity index (χ1) is 8.63. The highest BCUT2D eigenvalue weighted by molar-refractivity contribution is 7.15. The summed E-state index contributed by atoms with van der Waals surface area (Å²) >= 11 is 1.34. The fourth-order valence-electron chi connectivity index (χ4n) is 1.38. The van der Waals surface area contributed by atoms with Gasteiger partial charge in [0.2, 0.25) is 5.13 Å². The van der Waals surface area contributed by atoms with Crippen LogP contribution in [0.5, 0.6) is 0 Å². The van der Waals surface area contributed by atoms with Crippen molar-refractivity contribution in [1.82, 2.24) is 20.0 Å². The Labute approximate surface area is 108 Å². The third-order valence-electron chi connectivity index (χ3n) is 2.32. The highest BCUT2D eigenvalue weighted by Crippen LogP contribution is 2.17. The maximum absolute atomic E-state index is 11.9. The van der Waals surface area contributed by atoms with Crippen LogP contribution in [0.3, 0.4) is 0 Å². The maximum atomic E-state index is 11.9. The molecule has 2 aromatic heterocycles. The van der Waals surface area contributed by atoms with Gasteiger partial charge in [0.1, 0.15) is 5.01 Å². The van der Waals surface area contributed by atoms with E-state index >= 15 is 0 Å². The zero-order valence-electron chi connectivity index (χ0n) is 10.2. The van der Waals surface area contributed by atoms with E-state index in [0.29, 0.717) is 17.4 Å². The van der Waals surface area contributed by atoms with E-state index in [2.05, 4.69) is 20.6 Å². The summed E-state index contributed by atoms with van der Waals surface area (Å²) in [7, 11) is 0. The lowest BCUT2D eigenvalue weighted by Crippen LogP contribution is -2.14. The van der Waals surface area contributed by atoms with Gasteiger partial charge in [0, 0.05) is 12.7 Å². The maximum Gasteiger partial charge on any atom is 0.280 e. The van der Waals surface area contributed by atoms with Crippen molar-refractivity contribution in [3.05, 3.63) is 16.9 Å². The van der Waals surface area contributed by atoms with Gasteiger partial charge in [-0.1, -0.05) is 18.3 Å². The molecule has 0 aromatic carbocycles. The number of carbonyl (C=O) groups is 1. The number of nitrogen functional groups attached to an aromatic ring is 1. The number of nitrogens with zero attached hydrogens (tertiary/aromatic N) is 4. The Morgan fingerprint density at radius 3 is 2.83 bits per heavy atom. The summed E-state index contributed by atoms with van der Waals surface area (Å²) in [5, 5.41) is 15.9. The number of amides is 1. The minimum absolute atomic E-state index is 0.213. The van der Waals surface area contributed by atoms with Crippen molar-refractivity contribution in [1.29, 1.82) is 0 Å². The van der Waals surface area contributed by atoms with Crippen LogP contribution in [0, 0.1) is 0 Å². The van der Waals surface area contributed by atoms with Crippen LogP contribution in [-0.2, 0) is 13.0 Å². The Bertz CT molecular complexity index is 560. The van der Waals surface area contributed by atoms with Gasteiger partial charge in [-0.25, -0.2) is 0 Å². The summed E-state index contributed by atoms with van der Waals surface area (Å²) < 4.78 is 1.61. The van der Waals surface area contributed by atoms with Crippen LogP contribution >= 0.6 is 11.3 Å². The lowest BCUT2D eigenvalue weighted by molar-refractivity contribution is 0.102. The minimum Gasteiger partial charge on any atom is -0.396 e. The molecule has 0 spiro atoms. The second-order valence-corrected chi connectivity index (χ2v) is 4.66. The molecule has 0 aliphatic heterocycles. The van der Waals surface area contributed by atoms with Gasteiger partial charge in [0.25, 0.3) is 5.91 Å². The number of hydrogen-bond acceptors (Lipinski definition) is 6. The first-order valence-corrected chi connectivity index (χ1v) is 6.42. The Balaban J connectivity index is 2.13. The number of hydrogen-bond donors (Lipinski definition) is 2. The molecule has 0 radical (unpaired) electrons. The molecule has 2 rings (SSSR count). The van der Waals surface area contributed by atoms with Crippen LogP contribution in [-0.4, -0.2) is 25.9 Å². The molecular weight excluding hydrogens is 252 g/mol. The van der Waals surface area contributed by atoms with Gasteiger partial charge < -0.3 is 5.73 Å². The Hall–Kier alpha value is -1.96. The predicted octanol–water partition coefficient (Wildman–Crippen LogP) is 1.15. The molecule has 0 atom stereocenters. The van der Waals surface area contributed by atoms with Crippen LogP contribution in [0.1, 0.15) is 29.3 Å². The lowest BCUT2D eigenvalue weighted by atomic mass is 10.3. The molecule has 0 aliphatic carbocycles. The average Bonchev–Trinajstić information content (AvgIpc) is 2.95. The second kappa shape index (κ2) is 5.13. The molecule has 96 valence electrons. The van der Waals surface area contributed by atoms with Gasteiger partial charge in [0.05, 0.1) is 5.69 Å². The number of nitrogens with one attached hydrogen (secondary N) is 1. The molecule has 0 fully saturated rings. The van der Waals surface area contributed by atoms with Crippen molar-refractivity contribution < 1.29 is 4.79 Å². The fourth-order valence-corrected chi connectivity index (χ4v) is 2.05. The number of carbonyl (C=O) groups excluding carboxylic acids is 1. The van der Waals surface area contributed by atoms with Crippen LogP contribution in [0.4, 0.5) is 10.8 Å². The molecule has 0 saturated heterocycles. The normalized spacial score (nSPS) is 10.6. The van der Waals surface area contributed by atoms with Gasteiger partial charge in [-0.05, 0) is 13.3 Å². The van der Waals surface area contributed by atoms with Crippen LogP contribution in [0.25, 0.3) is 0 Å². The lowest BCUT2D eigenvalue weighted by Gasteiger charge is -1.97. The molecule has 8 heteroatoms. The van der Waals surface area contributed by atoms with Crippen molar-refractivity contribution in [3.63, 3.8) is 0 Å². The number of rotatable bonds is 4. The molecule has 0 saturated carbocycles. The van der Waals surface area contributed by atoms with Gasteiger partial charge >= 0.3 is 0 Å².